The molecule has 0 unspecified atom stereocenters. The Hall–Kier alpha value is -3.77. The van der Waals surface area contributed by atoms with E-state index in [-0.39, 0.29) is 28.3 Å². The van der Waals surface area contributed by atoms with Crippen molar-refractivity contribution in [2.45, 2.75) is 27.7 Å². The van der Waals surface area contributed by atoms with E-state index in [9.17, 15) is 14.4 Å². The summed E-state index contributed by atoms with van der Waals surface area (Å²) < 4.78 is 0. The minimum Gasteiger partial charge on any atom is -0.289 e. The second kappa shape index (κ2) is 10.4. The Morgan fingerprint density at radius 1 is 0.893 bits per heavy atom. The van der Waals surface area contributed by atoms with Gasteiger partial charge in [-0.15, -0.1) is 0 Å². The van der Waals surface area contributed by atoms with Crippen LogP contribution in [0, 0.1) is 47.4 Å². The Bertz CT molecular complexity index is 1070. The van der Waals surface area contributed by atoms with Crippen LogP contribution < -0.4 is 0 Å². The summed E-state index contributed by atoms with van der Waals surface area (Å²) in [6, 6.07) is 0. The van der Waals surface area contributed by atoms with Crippen molar-refractivity contribution >= 4 is 17.5 Å². The molecule has 0 atom stereocenters. The number of Topliss-reactive ketones (excluding diaryl/α,β-unsaturated/α-hetero) is 2. The van der Waals surface area contributed by atoms with Crippen molar-refractivity contribution in [3.05, 3.63) is 33.9 Å². The molecular formula is C23H19NO4. The number of rotatable bonds is 3. The van der Waals surface area contributed by atoms with Crippen molar-refractivity contribution in [3.63, 3.8) is 0 Å². The molecule has 5 nitrogen and oxygen atoms in total. The first-order valence-electron chi connectivity index (χ1n) is 8.20. The Labute approximate surface area is 165 Å². The molecule has 0 aromatic carbocycles. The maximum atomic E-state index is 12.6. The molecule has 0 saturated carbocycles. The molecular weight excluding hydrogens is 354 g/mol. The number of carbonyl (C=O) groups excluding carboxylic acids is 3. The summed E-state index contributed by atoms with van der Waals surface area (Å²) in [6.45, 7) is 6.38. The number of likely N-dealkylation sites (N-methyl/N-ethyl adjacent to an activating group) is 1. The van der Waals surface area contributed by atoms with E-state index < -0.39 is 5.91 Å². The van der Waals surface area contributed by atoms with Gasteiger partial charge in [-0.25, -0.2) is 5.06 Å². The van der Waals surface area contributed by atoms with E-state index in [1.54, 1.807) is 27.7 Å². The van der Waals surface area contributed by atoms with Gasteiger partial charge >= 0.3 is 0 Å². The second-order valence-electron chi connectivity index (χ2n) is 5.62. The van der Waals surface area contributed by atoms with Crippen molar-refractivity contribution < 1.29 is 19.2 Å². The van der Waals surface area contributed by atoms with Gasteiger partial charge in [0.2, 0.25) is 0 Å². The van der Waals surface area contributed by atoms with E-state index in [1.807, 2.05) is 0 Å². The zero-order valence-electron chi connectivity index (χ0n) is 16.7. The average Bonchev–Trinajstić information content (AvgIpc) is 2.70. The van der Waals surface area contributed by atoms with Crippen LogP contribution >= 0.6 is 0 Å². The minimum absolute atomic E-state index is 0.0391. The number of carbonyl (C=O) groups is 3. The van der Waals surface area contributed by atoms with Crippen LogP contribution in [0.25, 0.3) is 0 Å². The van der Waals surface area contributed by atoms with E-state index in [2.05, 4.69) is 47.4 Å². The number of hydrogen-bond donors (Lipinski definition) is 0. The Balaban J connectivity index is 3.44. The average molecular weight is 373 g/mol. The molecule has 0 N–H and O–H groups in total. The quantitative estimate of drug-likeness (QED) is 0.327. The molecule has 140 valence electrons. The van der Waals surface area contributed by atoms with Gasteiger partial charge in [-0.2, -0.15) is 0 Å². The van der Waals surface area contributed by atoms with Crippen LogP contribution in [-0.2, 0) is 19.2 Å². The predicted octanol–water partition coefficient (Wildman–Crippen LogP) is 1.77. The number of nitrogens with zero attached hydrogens (tertiary/aromatic N) is 1. The normalized spacial score (nSPS) is 13.3. The summed E-state index contributed by atoms with van der Waals surface area (Å²) >= 11 is 0. The lowest BCUT2D eigenvalue weighted by molar-refractivity contribution is -0.163. The number of allylic oxidation sites excluding steroid dienone is 5. The Morgan fingerprint density at radius 3 is 2.00 bits per heavy atom. The van der Waals surface area contributed by atoms with Gasteiger partial charge in [0.05, 0.1) is 12.7 Å². The highest BCUT2D eigenvalue weighted by Crippen LogP contribution is 2.25. The van der Waals surface area contributed by atoms with Crippen molar-refractivity contribution in [2.75, 3.05) is 14.2 Å². The standard InChI is InChI=1S/C23H19NO4/c1-7-8-9-10-11-12-13-14-19(23(27)24(5)28-6)15-20-18(4)21(25)16(2)17(3)22(20)26/h15H,1-6H3/b19-15+. The first kappa shape index (κ1) is 22.3. The zero-order valence-corrected chi connectivity index (χ0v) is 16.7. The van der Waals surface area contributed by atoms with Gasteiger partial charge in [0.15, 0.2) is 11.6 Å². The summed E-state index contributed by atoms with van der Waals surface area (Å²) in [5.41, 5.74) is 1.08. The van der Waals surface area contributed by atoms with E-state index in [1.165, 1.54) is 20.2 Å². The van der Waals surface area contributed by atoms with Crippen molar-refractivity contribution in [3.8, 4) is 47.4 Å². The SMILES string of the molecule is CC#CC#CC#CC#C/C(=C\C1=C(C)C(=O)C(C)=C(C)C1=O)C(=O)N(C)OC. The summed E-state index contributed by atoms with van der Waals surface area (Å²) in [4.78, 5) is 42.3. The van der Waals surface area contributed by atoms with Gasteiger partial charge in [-0.1, -0.05) is 5.92 Å². The van der Waals surface area contributed by atoms with Crippen LogP contribution in [0.5, 0.6) is 0 Å². The highest BCUT2D eigenvalue weighted by molar-refractivity contribution is 6.26. The van der Waals surface area contributed by atoms with Crippen LogP contribution in [-0.4, -0.2) is 36.7 Å². The van der Waals surface area contributed by atoms with Gasteiger partial charge in [-0.05, 0) is 75.2 Å². The highest BCUT2D eigenvalue weighted by Gasteiger charge is 2.27. The minimum atomic E-state index is -0.579. The summed E-state index contributed by atoms with van der Waals surface area (Å²) in [6.07, 6.45) is 1.30. The molecule has 0 spiro atoms. The molecule has 0 fully saturated rings. The number of ketones is 2. The first-order valence-corrected chi connectivity index (χ1v) is 8.20. The molecule has 0 saturated heterocycles. The van der Waals surface area contributed by atoms with E-state index in [0.29, 0.717) is 11.1 Å². The topological polar surface area (TPSA) is 63.7 Å². The fourth-order valence-corrected chi connectivity index (χ4v) is 2.12. The molecule has 0 aliphatic heterocycles. The zero-order chi connectivity index (χ0) is 21.3. The maximum absolute atomic E-state index is 12.6. The molecule has 0 heterocycles. The van der Waals surface area contributed by atoms with Gasteiger partial charge < -0.3 is 0 Å². The molecule has 1 amide bonds. The molecule has 5 heteroatoms. The van der Waals surface area contributed by atoms with Crippen LogP contribution in [0.4, 0.5) is 0 Å². The smallest absolute Gasteiger partial charge is 0.285 e. The summed E-state index contributed by atoms with van der Waals surface area (Å²) in [7, 11) is 2.73. The third-order valence-corrected chi connectivity index (χ3v) is 3.95. The van der Waals surface area contributed by atoms with Gasteiger partial charge in [0, 0.05) is 29.3 Å². The van der Waals surface area contributed by atoms with Gasteiger partial charge in [-0.3, -0.25) is 19.2 Å². The van der Waals surface area contributed by atoms with Gasteiger partial charge in [0.25, 0.3) is 5.91 Å². The first-order chi connectivity index (χ1) is 13.3. The fraction of sp³-hybridized carbons (Fsp3) is 0.261. The van der Waals surface area contributed by atoms with Crippen molar-refractivity contribution in [1.29, 1.82) is 0 Å². The number of hydrogen-bond acceptors (Lipinski definition) is 4. The molecule has 1 rings (SSSR count). The molecule has 0 aromatic rings. The molecule has 0 bridgehead atoms. The summed E-state index contributed by atoms with van der Waals surface area (Å²) in [5.74, 6) is 19.1. The molecule has 0 radical (unpaired) electrons. The summed E-state index contributed by atoms with van der Waals surface area (Å²) in [5, 5.41) is 0.962. The molecule has 1 aliphatic carbocycles. The van der Waals surface area contributed by atoms with Crippen LogP contribution in [0.1, 0.15) is 27.7 Å². The maximum Gasteiger partial charge on any atom is 0.285 e. The fourth-order valence-electron chi connectivity index (χ4n) is 2.12. The lowest BCUT2D eigenvalue weighted by atomic mass is 9.85. The van der Waals surface area contributed by atoms with E-state index in [4.69, 9.17) is 4.84 Å². The number of amides is 1. The van der Waals surface area contributed by atoms with Crippen LogP contribution in [0.2, 0.25) is 0 Å². The van der Waals surface area contributed by atoms with Crippen molar-refractivity contribution in [1.82, 2.24) is 5.06 Å². The molecule has 1 aliphatic rings. The third-order valence-electron chi connectivity index (χ3n) is 3.95. The monoisotopic (exact) mass is 373 g/mol. The van der Waals surface area contributed by atoms with Gasteiger partial charge in [0.1, 0.15) is 0 Å². The number of hydroxylamine groups is 2. The highest BCUT2D eigenvalue weighted by atomic mass is 16.7. The molecule has 0 aromatic heterocycles. The lowest BCUT2D eigenvalue weighted by Crippen LogP contribution is -2.27. The van der Waals surface area contributed by atoms with Crippen LogP contribution in [0.3, 0.4) is 0 Å². The van der Waals surface area contributed by atoms with E-state index in [0.717, 1.165) is 5.06 Å². The third kappa shape index (κ3) is 5.36. The Kier molecular flexibility index (Phi) is 8.27. The largest absolute Gasteiger partial charge is 0.289 e. The molecule has 28 heavy (non-hydrogen) atoms. The van der Waals surface area contributed by atoms with Crippen molar-refractivity contribution in [2.24, 2.45) is 0 Å². The van der Waals surface area contributed by atoms with E-state index >= 15 is 0 Å². The second-order valence-corrected chi connectivity index (χ2v) is 5.62. The predicted molar refractivity (Wildman–Crippen MR) is 106 cm³/mol. The van der Waals surface area contributed by atoms with Crippen LogP contribution in [0.15, 0.2) is 33.9 Å². The Morgan fingerprint density at radius 2 is 1.43 bits per heavy atom. The lowest BCUT2D eigenvalue weighted by Gasteiger charge is -2.17.